The maximum Gasteiger partial charge on any atom is 0.339 e. The van der Waals surface area contributed by atoms with Crippen molar-refractivity contribution in [2.75, 3.05) is 12.4 Å². The number of benzene rings is 1. The summed E-state index contributed by atoms with van der Waals surface area (Å²) in [5.41, 5.74) is 0.406. The van der Waals surface area contributed by atoms with Crippen LogP contribution < -0.4 is 5.32 Å². The third-order valence-corrected chi connectivity index (χ3v) is 7.39. The fraction of sp³-hybridized carbons (Fsp3) is 0.591. The summed E-state index contributed by atoms with van der Waals surface area (Å²) in [6, 6.07) is 7.07. The van der Waals surface area contributed by atoms with Crippen molar-refractivity contribution in [1.82, 2.24) is 5.32 Å². The van der Waals surface area contributed by atoms with Gasteiger partial charge in [-0.25, -0.2) is 4.79 Å². The summed E-state index contributed by atoms with van der Waals surface area (Å²) < 4.78 is 5.03. The van der Waals surface area contributed by atoms with Crippen LogP contribution in [0, 0.1) is 17.8 Å². The average molecular weight is 402 g/mol. The zero-order valence-electron chi connectivity index (χ0n) is 16.2. The summed E-state index contributed by atoms with van der Waals surface area (Å²) >= 11 is 1.35. The number of amides is 1. The van der Waals surface area contributed by atoms with Crippen LogP contribution in [0.3, 0.4) is 0 Å². The molecule has 0 aromatic heterocycles. The zero-order chi connectivity index (χ0) is 19.7. The first-order valence-electron chi connectivity index (χ1n) is 10.1. The predicted octanol–water partition coefficient (Wildman–Crippen LogP) is 3.61. The minimum absolute atomic E-state index is 0.00628. The van der Waals surface area contributed by atoms with Crippen molar-refractivity contribution < 1.29 is 19.1 Å². The molecule has 4 bridgehead atoms. The number of esters is 1. The lowest BCUT2D eigenvalue weighted by atomic mass is 9.53. The number of carbonyl (C=O) groups is 3. The molecule has 0 radical (unpaired) electrons. The highest BCUT2D eigenvalue weighted by atomic mass is 32.2. The molecule has 0 atom stereocenters. The summed E-state index contributed by atoms with van der Waals surface area (Å²) in [6.07, 6.45) is 7.43. The zero-order valence-corrected chi connectivity index (χ0v) is 17.1. The predicted molar refractivity (Wildman–Crippen MR) is 107 cm³/mol. The van der Waals surface area contributed by atoms with Crippen LogP contribution >= 0.6 is 11.8 Å². The van der Waals surface area contributed by atoms with Gasteiger partial charge in [-0.15, -0.1) is 11.8 Å². The Hall–Kier alpha value is -1.82. The maximum atomic E-state index is 12.7. The lowest BCUT2D eigenvalue weighted by Crippen LogP contribution is -2.60. The van der Waals surface area contributed by atoms with E-state index in [1.807, 2.05) is 12.1 Å². The molecule has 4 aliphatic rings. The SMILES string of the molecule is CC(=O)COC(=O)c1ccccc1SCC(=O)NC12CC3CC(CC(C3)C1)C2. The third-order valence-electron chi connectivity index (χ3n) is 6.32. The number of hydrogen-bond acceptors (Lipinski definition) is 5. The normalized spacial score (nSPS) is 30.1. The fourth-order valence-corrected chi connectivity index (χ4v) is 6.59. The number of nitrogens with one attached hydrogen (secondary N) is 1. The Morgan fingerprint density at radius 1 is 1.07 bits per heavy atom. The van der Waals surface area contributed by atoms with E-state index in [9.17, 15) is 14.4 Å². The van der Waals surface area contributed by atoms with Crippen molar-refractivity contribution in [1.29, 1.82) is 0 Å². The highest BCUT2D eigenvalue weighted by Crippen LogP contribution is 2.55. The summed E-state index contributed by atoms with van der Waals surface area (Å²) in [7, 11) is 0. The first-order chi connectivity index (χ1) is 13.4. The highest BCUT2D eigenvalue weighted by Gasteiger charge is 2.51. The van der Waals surface area contributed by atoms with Crippen LogP contribution in [0.25, 0.3) is 0 Å². The van der Waals surface area contributed by atoms with Crippen molar-refractivity contribution in [3.8, 4) is 0 Å². The first-order valence-corrected chi connectivity index (χ1v) is 11.1. The van der Waals surface area contributed by atoms with E-state index >= 15 is 0 Å². The van der Waals surface area contributed by atoms with E-state index in [1.54, 1.807) is 12.1 Å². The van der Waals surface area contributed by atoms with Gasteiger partial charge in [0.1, 0.15) is 6.61 Å². The second kappa shape index (κ2) is 7.90. The Bertz CT molecular complexity index is 755. The van der Waals surface area contributed by atoms with Gasteiger partial charge < -0.3 is 10.1 Å². The van der Waals surface area contributed by atoms with Gasteiger partial charge in [-0.1, -0.05) is 12.1 Å². The molecule has 1 aromatic carbocycles. The van der Waals surface area contributed by atoms with Crippen molar-refractivity contribution in [3.63, 3.8) is 0 Å². The van der Waals surface area contributed by atoms with Gasteiger partial charge in [0.15, 0.2) is 5.78 Å². The van der Waals surface area contributed by atoms with E-state index in [0.29, 0.717) is 10.5 Å². The van der Waals surface area contributed by atoms with Crippen molar-refractivity contribution >= 4 is 29.4 Å². The molecular weight excluding hydrogens is 374 g/mol. The highest BCUT2D eigenvalue weighted by molar-refractivity contribution is 8.00. The number of hydrogen-bond donors (Lipinski definition) is 1. The molecule has 4 saturated carbocycles. The largest absolute Gasteiger partial charge is 0.454 e. The average Bonchev–Trinajstić information content (AvgIpc) is 2.63. The molecule has 0 saturated heterocycles. The van der Waals surface area contributed by atoms with Crippen molar-refractivity contribution in [2.45, 2.75) is 55.9 Å². The monoisotopic (exact) mass is 401 g/mol. The van der Waals surface area contributed by atoms with Gasteiger partial charge in [0, 0.05) is 10.4 Å². The molecule has 5 rings (SSSR count). The molecule has 6 heteroatoms. The Morgan fingerprint density at radius 3 is 2.29 bits per heavy atom. The second-order valence-electron chi connectivity index (χ2n) is 8.81. The third kappa shape index (κ3) is 4.27. The van der Waals surface area contributed by atoms with Crippen LogP contribution in [-0.4, -0.2) is 35.6 Å². The van der Waals surface area contributed by atoms with Gasteiger partial charge in [0.2, 0.25) is 5.91 Å². The standard InChI is InChI=1S/C22H27NO4S/c1-14(24)12-27-21(26)18-4-2-3-5-19(18)28-13-20(25)23-22-9-15-6-16(10-22)8-17(7-15)11-22/h2-5,15-17H,6-13H2,1H3,(H,23,25). The number of ether oxygens (including phenoxy) is 1. The van der Waals surface area contributed by atoms with Crippen LogP contribution in [0.4, 0.5) is 0 Å². The molecule has 0 spiro atoms. The van der Waals surface area contributed by atoms with Crippen LogP contribution in [0.15, 0.2) is 29.2 Å². The second-order valence-corrected chi connectivity index (χ2v) is 9.83. The van der Waals surface area contributed by atoms with Gasteiger partial charge in [0.05, 0.1) is 11.3 Å². The van der Waals surface area contributed by atoms with Crippen LogP contribution in [-0.2, 0) is 14.3 Å². The van der Waals surface area contributed by atoms with Gasteiger partial charge in [-0.3, -0.25) is 9.59 Å². The fourth-order valence-electron chi connectivity index (χ4n) is 5.74. The van der Waals surface area contributed by atoms with Crippen LogP contribution in [0.2, 0.25) is 0 Å². The van der Waals surface area contributed by atoms with Crippen molar-refractivity contribution in [3.05, 3.63) is 29.8 Å². The molecular formula is C22H27NO4S. The molecule has 4 aliphatic carbocycles. The van der Waals surface area contributed by atoms with E-state index in [0.717, 1.165) is 37.0 Å². The van der Waals surface area contributed by atoms with E-state index in [2.05, 4.69) is 5.32 Å². The Labute approximate surface area is 170 Å². The quantitative estimate of drug-likeness (QED) is 0.558. The molecule has 1 amide bonds. The van der Waals surface area contributed by atoms with E-state index in [1.165, 1.54) is 37.9 Å². The first kappa shape index (κ1) is 19.5. The molecule has 0 unspecified atom stereocenters. The summed E-state index contributed by atoms with van der Waals surface area (Å²) in [4.78, 5) is 36.7. The molecule has 0 heterocycles. The molecule has 1 N–H and O–H groups in total. The number of carbonyl (C=O) groups excluding carboxylic acids is 3. The molecule has 150 valence electrons. The summed E-state index contributed by atoms with van der Waals surface area (Å²) in [5.74, 6) is 1.95. The van der Waals surface area contributed by atoms with E-state index in [-0.39, 0.29) is 29.6 Å². The molecule has 5 nitrogen and oxygen atoms in total. The van der Waals surface area contributed by atoms with E-state index < -0.39 is 5.97 Å². The Kier molecular flexibility index (Phi) is 5.50. The number of rotatable bonds is 7. The minimum atomic E-state index is -0.528. The smallest absolute Gasteiger partial charge is 0.339 e. The lowest BCUT2D eigenvalue weighted by molar-refractivity contribution is -0.124. The Morgan fingerprint density at radius 2 is 1.68 bits per heavy atom. The van der Waals surface area contributed by atoms with Gasteiger partial charge >= 0.3 is 5.97 Å². The topological polar surface area (TPSA) is 72.5 Å². The molecule has 1 aromatic rings. The summed E-state index contributed by atoms with van der Waals surface area (Å²) in [5, 5.41) is 3.36. The number of ketones is 1. The van der Waals surface area contributed by atoms with Gasteiger partial charge in [-0.2, -0.15) is 0 Å². The molecule has 28 heavy (non-hydrogen) atoms. The maximum absolute atomic E-state index is 12.7. The number of thioether (sulfide) groups is 1. The molecule has 0 aliphatic heterocycles. The molecule has 4 fully saturated rings. The minimum Gasteiger partial charge on any atom is -0.454 e. The van der Waals surface area contributed by atoms with E-state index in [4.69, 9.17) is 4.74 Å². The number of Topliss-reactive ketones (excluding diaryl/α,β-unsaturated/α-hetero) is 1. The summed E-state index contributed by atoms with van der Waals surface area (Å²) in [6.45, 7) is 1.15. The van der Waals surface area contributed by atoms with Crippen LogP contribution in [0.1, 0.15) is 55.8 Å². The van der Waals surface area contributed by atoms with Crippen molar-refractivity contribution in [2.24, 2.45) is 17.8 Å². The van der Waals surface area contributed by atoms with Gasteiger partial charge in [-0.05, 0) is 75.3 Å². The van der Waals surface area contributed by atoms with Gasteiger partial charge in [0.25, 0.3) is 0 Å². The lowest BCUT2D eigenvalue weighted by Gasteiger charge is -2.56. The van der Waals surface area contributed by atoms with Crippen LogP contribution in [0.5, 0.6) is 0 Å². The Balaban J connectivity index is 1.35.